The van der Waals surface area contributed by atoms with Gasteiger partial charge in [-0.2, -0.15) is 0 Å². The second-order valence-corrected chi connectivity index (χ2v) is 5.99. The smallest absolute Gasteiger partial charge is 0.331 e. The van der Waals surface area contributed by atoms with Gasteiger partial charge in [-0.1, -0.05) is 67.1 Å². The van der Waals surface area contributed by atoms with Crippen molar-refractivity contribution in [1.82, 2.24) is 5.32 Å². The van der Waals surface area contributed by atoms with E-state index in [1.807, 2.05) is 43.3 Å². The van der Waals surface area contributed by atoms with Crippen LogP contribution in [0.1, 0.15) is 24.0 Å². The van der Waals surface area contributed by atoms with E-state index >= 15 is 0 Å². The van der Waals surface area contributed by atoms with Crippen LogP contribution in [-0.4, -0.2) is 25.0 Å². The van der Waals surface area contributed by atoms with Crippen molar-refractivity contribution >= 4 is 29.6 Å². The average molecular weight is 358 g/mol. The normalized spacial score (nSPS) is 11.9. The van der Waals surface area contributed by atoms with Crippen LogP contribution >= 0.6 is 11.6 Å². The molecule has 0 saturated heterocycles. The Balaban J connectivity index is 1.72. The predicted octanol–water partition coefficient (Wildman–Crippen LogP) is 3.82. The Kier molecular flexibility index (Phi) is 7.23. The van der Waals surface area contributed by atoms with Gasteiger partial charge in [0.15, 0.2) is 6.61 Å². The SMILES string of the molecule is C[C@@H](CNC(=O)COC(=O)/C=C/c1ccccc1Cl)c1ccccc1. The summed E-state index contributed by atoms with van der Waals surface area (Å²) in [4.78, 5) is 23.4. The number of esters is 1. The highest BCUT2D eigenvalue weighted by atomic mass is 35.5. The molecular formula is C20H20ClNO3. The number of halogens is 1. The van der Waals surface area contributed by atoms with E-state index in [9.17, 15) is 9.59 Å². The summed E-state index contributed by atoms with van der Waals surface area (Å²) in [6, 6.07) is 17.0. The molecule has 130 valence electrons. The zero-order valence-electron chi connectivity index (χ0n) is 13.9. The maximum Gasteiger partial charge on any atom is 0.331 e. The Labute approximate surface area is 152 Å². The number of rotatable bonds is 7. The fourth-order valence-electron chi connectivity index (χ4n) is 2.17. The van der Waals surface area contributed by atoms with Crippen LogP contribution in [0.5, 0.6) is 0 Å². The first-order valence-electron chi connectivity index (χ1n) is 7.97. The van der Waals surface area contributed by atoms with Crippen molar-refractivity contribution in [3.8, 4) is 0 Å². The highest BCUT2D eigenvalue weighted by Gasteiger charge is 2.09. The minimum Gasteiger partial charge on any atom is -0.452 e. The molecular weight excluding hydrogens is 338 g/mol. The number of benzene rings is 2. The molecule has 0 radical (unpaired) electrons. The quantitative estimate of drug-likeness (QED) is 0.605. The number of hydrogen-bond donors (Lipinski definition) is 1. The summed E-state index contributed by atoms with van der Waals surface area (Å²) < 4.78 is 4.92. The minimum atomic E-state index is -0.592. The second kappa shape index (κ2) is 9.64. The Bertz CT molecular complexity index is 744. The Hall–Kier alpha value is -2.59. The molecule has 2 aromatic carbocycles. The zero-order valence-corrected chi connectivity index (χ0v) is 14.7. The molecule has 0 fully saturated rings. The molecule has 0 unspecified atom stereocenters. The van der Waals surface area contributed by atoms with E-state index in [1.54, 1.807) is 24.3 Å². The zero-order chi connectivity index (χ0) is 18.1. The fraction of sp³-hybridized carbons (Fsp3) is 0.200. The average Bonchev–Trinajstić information content (AvgIpc) is 2.64. The van der Waals surface area contributed by atoms with Gasteiger partial charge in [0.25, 0.3) is 5.91 Å². The molecule has 0 saturated carbocycles. The van der Waals surface area contributed by atoms with Crippen molar-refractivity contribution < 1.29 is 14.3 Å². The van der Waals surface area contributed by atoms with E-state index in [2.05, 4.69) is 5.32 Å². The van der Waals surface area contributed by atoms with Gasteiger partial charge in [-0.25, -0.2) is 4.79 Å². The molecule has 5 heteroatoms. The van der Waals surface area contributed by atoms with E-state index < -0.39 is 5.97 Å². The highest BCUT2D eigenvalue weighted by molar-refractivity contribution is 6.32. The Morgan fingerprint density at radius 3 is 2.52 bits per heavy atom. The van der Waals surface area contributed by atoms with Gasteiger partial charge in [-0.05, 0) is 29.2 Å². The fourth-order valence-corrected chi connectivity index (χ4v) is 2.37. The van der Waals surface area contributed by atoms with Gasteiger partial charge >= 0.3 is 5.97 Å². The number of hydrogen-bond acceptors (Lipinski definition) is 3. The van der Waals surface area contributed by atoms with Gasteiger partial charge in [-0.15, -0.1) is 0 Å². The van der Waals surface area contributed by atoms with Gasteiger partial charge in [0.1, 0.15) is 0 Å². The largest absolute Gasteiger partial charge is 0.452 e. The molecule has 2 rings (SSSR count). The molecule has 0 aliphatic rings. The predicted molar refractivity (Wildman–Crippen MR) is 99.3 cm³/mol. The number of carbonyl (C=O) groups is 2. The summed E-state index contributed by atoms with van der Waals surface area (Å²) in [5, 5.41) is 3.30. The monoisotopic (exact) mass is 357 g/mol. The maximum absolute atomic E-state index is 11.8. The van der Waals surface area contributed by atoms with Gasteiger partial charge in [0.05, 0.1) is 0 Å². The number of nitrogens with one attached hydrogen (secondary N) is 1. The molecule has 0 heterocycles. The minimum absolute atomic E-state index is 0.181. The van der Waals surface area contributed by atoms with Crippen LogP contribution in [0, 0.1) is 0 Å². The first-order chi connectivity index (χ1) is 12.1. The lowest BCUT2D eigenvalue weighted by atomic mass is 10.0. The molecule has 1 atom stereocenters. The number of amides is 1. The van der Waals surface area contributed by atoms with Crippen LogP contribution in [0.4, 0.5) is 0 Å². The summed E-state index contributed by atoms with van der Waals surface area (Å²) in [7, 11) is 0. The van der Waals surface area contributed by atoms with E-state index in [0.717, 1.165) is 5.56 Å². The van der Waals surface area contributed by atoms with Crippen LogP contribution < -0.4 is 5.32 Å². The molecule has 25 heavy (non-hydrogen) atoms. The van der Waals surface area contributed by atoms with Crippen LogP contribution in [0.2, 0.25) is 5.02 Å². The second-order valence-electron chi connectivity index (χ2n) is 5.58. The van der Waals surface area contributed by atoms with E-state index in [0.29, 0.717) is 17.1 Å². The summed E-state index contributed by atoms with van der Waals surface area (Å²) >= 11 is 5.99. The van der Waals surface area contributed by atoms with Crippen LogP contribution in [0.25, 0.3) is 6.08 Å². The summed E-state index contributed by atoms with van der Waals surface area (Å²) in [5.74, 6) is -0.741. The van der Waals surface area contributed by atoms with E-state index in [4.69, 9.17) is 16.3 Å². The first kappa shape index (κ1) is 18.7. The number of carbonyl (C=O) groups excluding carboxylic acids is 2. The van der Waals surface area contributed by atoms with Gasteiger partial charge < -0.3 is 10.1 Å². The van der Waals surface area contributed by atoms with Crippen molar-refractivity contribution in [3.63, 3.8) is 0 Å². The molecule has 2 aromatic rings. The van der Waals surface area contributed by atoms with E-state index in [1.165, 1.54) is 6.08 Å². The van der Waals surface area contributed by atoms with Gasteiger partial charge in [-0.3, -0.25) is 4.79 Å². The topological polar surface area (TPSA) is 55.4 Å². The first-order valence-corrected chi connectivity index (χ1v) is 8.35. The molecule has 1 amide bonds. The van der Waals surface area contributed by atoms with Crippen LogP contribution in [-0.2, 0) is 14.3 Å². The molecule has 0 aliphatic heterocycles. The summed E-state index contributed by atoms with van der Waals surface area (Å²) in [6.45, 7) is 2.19. The van der Waals surface area contributed by atoms with Crippen molar-refractivity contribution in [2.75, 3.05) is 13.2 Å². The lowest BCUT2D eigenvalue weighted by molar-refractivity contribution is -0.143. The third-order valence-electron chi connectivity index (χ3n) is 3.62. The van der Waals surface area contributed by atoms with Crippen LogP contribution in [0.3, 0.4) is 0 Å². The standard InChI is InChI=1S/C20H20ClNO3/c1-15(16-7-3-2-4-8-16)13-22-19(23)14-25-20(24)12-11-17-9-5-6-10-18(17)21/h2-12,15H,13-14H2,1H3,(H,22,23)/b12-11+/t15-/m0/s1. The molecule has 1 N–H and O–H groups in total. The third-order valence-corrected chi connectivity index (χ3v) is 3.97. The highest BCUT2D eigenvalue weighted by Crippen LogP contribution is 2.16. The van der Waals surface area contributed by atoms with Crippen LogP contribution in [0.15, 0.2) is 60.7 Å². The number of ether oxygens (including phenoxy) is 1. The molecule has 4 nitrogen and oxygen atoms in total. The van der Waals surface area contributed by atoms with Gasteiger partial charge in [0.2, 0.25) is 0 Å². The molecule has 0 bridgehead atoms. The summed E-state index contributed by atoms with van der Waals surface area (Å²) in [6.07, 6.45) is 2.81. The Morgan fingerprint density at radius 1 is 1.12 bits per heavy atom. The Morgan fingerprint density at radius 2 is 1.80 bits per heavy atom. The van der Waals surface area contributed by atoms with Gasteiger partial charge in [0, 0.05) is 17.6 Å². The molecule has 0 aliphatic carbocycles. The third kappa shape index (κ3) is 6.43. The van der Waals surface area contributed by atoms with Crippen molar-refractivity contribution in [2.24, 2.45) is 0 Å². The lowest BCUT2D eigenvalue weighted by Gasteiger charge is -2.12. The molecule has 0 spiro atoms. The maximum atomic E-state index is 11.8. The van der Waals surface area contributed by atoms with Crippen molar-refractivity contribution in [1.29, 1.82) is 0 Å². The lowest BCUT2D eigenvalue weighted by Crippen LogP contribution is -2.31. The summed E-state index contributed by atoms with van der Waals surface area (Å²) in [5.41, 5.74) is 1.85. The van der Waals surface area contributed by atoms with Crippen molar-refractivity contribution in [2.45, 2.75) is 12.8 Å². The van der Waals surface area contributed by atoms with Crippen molar-refractivity contribution in [3.05, 3.63) is 76.8 Å². The molecule has 0 aromatic heterocycles. The van der Waals surface area contributed by atoms with E-state index in [-0.39, 0.29) is 18.4 Å².